The topological polar surface area (TPSA) is 136 Å². The molecular weight excluding hydrogens is 386 g/mol. The van der Waals surface area contributed by atoms with Gasteiger partial charge in [0.15, 0.2) is 6.10 Å². The largest absolute Gasteiger partial charge is 0.448 e. The summed E-state index contributed by atoms with van der Waals surface area (Å²) in [6, 6.07) is 4.44. The fourth-order valence-corrected chi connectivity index (χ4v) is 4.47. The molecule has 0 aliphatic carbocycles. The molecule has 0 saturated carbocycles. The van der Waals surface area contributed by atoms with Gasteiger partial charge in [-0.1, -0.05) is 26.3 Å². The van der Waals surface area contributed by atoms with E-state index in [0.717, 1.165) is 19.3 Å². The van der Waals surface area contributed by atoms with Crippen LogP contribution in [0.2, 0.25) is 0 Å². The van der Waals surface area contributed by atoms with Gasteiger partial charge in [0.25, 0.3) is 5.91 Å². The van der Waals surface area contributed by atoms with Crippen LogP contribution in [0.3, 0.4) is 0 Å². The maximum Gasteiger partial charge on any atom is 0.338 e. The molecule has 1 aliphatic heterocycles. The molecule has 1 saturated heterocycles. The Bertz CT molecular complexity index is 847. The minimum absolute atomic E-state index is 0.00407. The van der Waals surface area contributed by atoms with Gasteiger partial charge in [-0.2, -0.15) is 4.31 Å². The van der Waals surface area contributed by atoms with Crippen LogP contribution in [-0.2, 0) is 19.6 Å². The molecule has 1 fully saturated rings. The molecule has 1 atom stereocenters. The van der Waals surface area contributed by atoms with E-state index in [-0.39, 0.29) is 10.5 Å². The Morgan fingerprint density at radius 3 is 2.36 bits per heavy atom. The average Bonchev–Trinajstić information content (AvgIpc) is 2.65. The van der Waals surface area contributed by atoms with Crippen LogP contribution in [0.25, 0.3) is 0 Å². The van der Waals surface area contributed by atoms with Gasteiger partial charge in [-0.25, -0.2) is 18.0 Å². The summed E-state index contributed by atoms with van der Waals surface area (Å²) in [7, 11) is -3.71. The second-order valence-electron chi connectivity index (χ2n) is 6.92. The monoisotopic (exact) mass is 411 g/mol. The number of nitrogens with zero attached hydrogens (tertiary/aromatic N) is 1. The third-order valence-corrected chi connectivity index (χ3v) is 6.26. The van der Waals surface area contributed by atoms with E-state index in [0.29, 0.717) is 13.1 Å². The molecule has 0 aromatic heterocycles. The number of imide groups is 1. The lowest BCUT2D eigenvalue weighted by molar-refractivity contribution is -0.130. The molecule has 10 heteroatoms. The van der Waals surface area contributed by atoms with Crippen molar-refractivity contribution in [1.82, 2.24) is 9.62 Å². The first-order chi connectivity index (χ1) is 13.1. The highest BCUT2D eigenvalue weighted by Gasteiger charge is 2.30. The fraction of sp³-hybridized carbons (Fsp3) is 0.500. The first-order valence-corrected chi connectivity index (χ1v) is 10.5. The Kier molecular flexibility index (Phi) is 7.14. The van der Waals surface area contributed by atoms with E-state index in [1.807, 2.05) is 5.32 Å². The summed E-state index contributed by atoms with van der Waals surface area (Å²) in [5.41, 5.74) is 4.93. The molecule has 3 amide bonds. The molecule has 1 heterocycles. The zero-order valence-electron chi connectivity index (χ0n) is 15.9. The van der Waals surface area contributed by atoms with E-state index in [9.17, 15) is 22.8 Å². The molecule has 28 heavy (non-hydrogen) atoms. The SMILES string of the molecule is CC(C)[C@@H](OC(=O)c1cccc(S(=O)(=O)N2CCCCC2)c1)C(=O)NC(N)=O. The first kappa shape index (κ1) is 21.8. The predicted octanol–water partition coefficient (Wildman–Crippen LogP) is 1.24. The number of hydrogen-bond acceptors (Lipinski definition) is 6. The van der Waals surface area contributed by atoms with Gasteiger partial charge in [0, 0.05) is 13.1 Å². The number of nitrogens with one attached hydrogen (secondary N) is 1. The van der Waals surface area contributed by atoms with Crippen LogP contribution in [-0.4, -0.2) is 49.8 Å². The van der Waals surface area contributed by atoms with Crippen molar-refractivity contribution in [3.63, 3.8) is 0 Å². The smallest absolute Gasteiger partial charge is 0.338 e. The Morgan fingerprint density at radius 2 is 1.79 bits per heavy atom. The predicted molar refractivity (Wildman–Crippen MR) is 101 cm³/mol. The van der Waals surface area contributed by atoms with Crippen molar-refractivity contribution < 1.29 is 27.5 Å². The number of rotatable bonds is 6. The number of sulfonamides is 1. The second-order valence-corrected chi connectivity index (χ2v) is 8.85. The molecule has 1 aromatic carbocycles. The lowest BCUT2D eigenvalue weighted by atomic mass is 10.1. The molecule has 154 valence electrons. The maximum atomic E-state index is 12.8. The number of amides is 3. The Hall–Kier alpha value is -2.46. The first-order valence-electron chi connectivity index (χ1n) is 9.04. The molecule has 0 spiro atoms. The maximum absolute atomic E-state index is 12.8. The Labute approximate surface area is 164 Å². The molecule has 1 aromatic rings. The molecule has 0 bridgehead atoms. The van der Waals surface area contributed by atoms with Gasteiger partial charge in [0.1, 0.15) is 0 Å². The highest BCUT2D eigenvalue weighted by atomic mass is 32.2. The highest BCUT2D eigenvalue weighted by molar-refractivity contribution is 7.89. The number of carbonyl (C=O) groups excluding carboxylic acids is 3. The fourth-order valence-electron chi connectivity index (χ4n) is 2.91. The zero-order valence-corrected chi connectivity index (χ0v) is 16.7. The van der Waals surface area contributed by atoms with Crippen LogP contribution >= 0.6 is 0 Å². The van der Waals surface area contributed by atoms with E-state index >= 15 is 0 Å². The van der Waals surface area contributed by atoms with Crippen LogP contribution in [0.1, 0.15) is 43.5 Å². The van der Waals surface area contributed by atoms with Crippen LogP contribution < -0.4 is 11.1 Å². The van der Waals surface area contributed by atoms with Crippen LogP contribution in [0, 0.1) is 5.92 Å². The molecular formula is C18H25N3O6S. The van der Waals surface area contributed by atoms with Gasteiger partial charge in [-0.05, 0) is 37.0 Å². The number of hydrogen-bond donors (Lipinski definition) is 2. The summed E-state index contributed by atoms with van der Waals surface area (Å²) in [6.07, 6.45) is 1.34. The summed E-state index contributed by atoms with van der Waals surface area (Å²) in [5, 5.41) is 1.88. The minimum Gasteiger partial charge on any atom is -0.448 e. The summed E-state index contributed by atoms with van der Waals surface area (Å²) >= 11 is 0. The van der Waals surface area contributed by atoms with E-state index in [2.05, 4.69) is 0 Å². The number of primary amides is 1. The van der Waals surface area contributed by atoms with Gasteiger partial charge in [-0.15, -0.1) is 0 Å². The van der Waals surface area contributed by atoms with Crippen molar-refractivity contribution in [1.29, 1.82) is 0 Å². The zero-order chi connectivity index (χ0) is 20.9. The number of benzene rings is 1. The van der Waals surface area contributed by atoms with Crippen molar-refractivity contribution in [2.45, 2.75) is 44.1 Å². The Morgan fingerprint density at radius 1 is 1.14 bits per heavy atom. The number of urea groups is 1. The van der Waals surface area contributed by atoms with Gasteiger partial charge in [-0.3, -0.25) is 10.1 Å². The van der Waals surface area contributed by atoms with E-state index in [4.69, 9.17) is 10.5 Å². The van der Waals surface area contributed by atoms with Crippen molar-refractivity contribution in [2.75, 3.05) is 13.1 Å². The van der Waals surface area contributed by atoms with Crippen molar-refractivity contribution in [2.24, 2.45) is 11.7 Å². The van der Waals surface area contributed by atoms with Crippen LogP contribution in [0.5, 0.6) is 0 Å². The van der Waals surface area contributed by atoms with E-state index < -0.39 is 40.0 Å². The quantitative estimate of drug-likeness (QED) is 0.676. The summed E-state index contributed by atoms with van der Waals surface area (Å²) in [6.45, 7) is 4.16. The lowest BCUT2D eigenvalue weighted by Gasteiger charge is -2.26. The number of esters is 1. The number of nitrogens with two attached hydrogens (primary N) is 1. The summed E-state index contributed by atoms with van der Waals surface area (Å²) < 4.78 is 32.2. The van der Waals surface area contributed by atoms with Gasteiger partial charge in [0.2, 0.25) is 10.0 Å². The number of ether oxygens (including phenoxy) is 1. The number of carbonyl (C=O) groups is 3. The van der Waals surface area contributed by atoms with Gasteiger partial charge in [0.05, 0.1) is 10.5 Å². The molecule has 9 nitrogen and oxygen atoms in total. The van der Waals surface area contributed by atoms with Crippen molar-refractivity contribution >= 4 is 27.9 Å². The molecule has 0 radical (unpaired) electrons. The lowest BCUT2D eigenvalue weighted by Crippen LogP contribution is -2.45. The van der Waals surface area contributed by atoms with E-state index in [1.54, 1.807) is 13.8 Å². The highest BCUT2D eigenvalue weighted by Crippen LogP contribution is 2.22. The Balaban J connectivity index is 2.21. The van der Waals surface area contributed by atoms with Gasteiger partial charge >= 0.3 is 12.0 Å². The molecule has 2 rings (SSSR count). The van der Waals surface area contributed by atoms with Crippen LogP contribution in [0.4, 0.5) is 4.79 Å². The third-order valence-electron chi connectivity index (χ3n) is 4.37. The number of piperidine rings is 1. The summed E-state index contributed by atoms with van der Waals surface area (Å²) in [5.74, 6) is -2.13. The van der Waals surface area contributed by atoms with E-state index in [1.165, 1.54) is 28.6 Å². The van der Waals surface area contributed by atoms with Gasteiger partial charge < -0.3 is 10.5 Å². The molecule has 3 N–H and O–H groups in total. The summed E-state index contributed by atoms with van der Waals surface area (Å²) in [4.78, 5) is 35.3. The normalized spacial score (nSPS) is 16.4. The van der Waals surface area contributed by atoms with Crippen molar-refractivity contribution in [3.8, 4) is 0 Å². The van der Waals surface area contributed by atoms with Crippen molar-refractivity contribution in [3.05, 3.63) is 29.8 Å². The second kappa shape index (κ2) is 9.16. The third kappa shape index (κ3) is 5.29. The molecule has 1 aliphatic rings. The average molecular weight is 411 g/mol. The standard InChI is InChI=1S/C18H25N3O6S/c1-12(2)15(16(22)20-18(19)24)27-17(23)13-7-6-8-14(11-13)28(25,26)21-9-4-3-5-10-21/h6-8,11-12,15H,3-5,9-10H2,1-2H3,(H3,19,20,22,24)/t15-/m1/s1. The van der Waals surface area contributed by atoms with Crippen LogP contribution in [0.15, 0.2) is 29.2 Å². The molecule has 0 unspecified atom stereocenters. The minimum atomic E-state index is -3.71.